The first kappa shape index (κ1) is 14.1. The summed E-state index contributed by atoms with van der Waals surface area (Å²) in [6.07, 6.45) is 3.28. The van der Waals surface area contributed by atoms with E-state index in [1.165, 1.54) is 4.88 Å². The fourth-order valence-electron chi connectivity index (χ4n) is 2.77. The zero-order valence-electron chi connectivity index (χ0n) is 11.6. The van der Waals surface area contributed by atoms with Crippen LogP contribution in [0.1, 0.15) is 45.4 Å². The van der Waals surface area contributed by atoms with Gasteiger partial charge in [-0.2, -0.15) is 0 Å². The van der Waals surface area contributed by atoms with Gasteiger partial charge >= 0.3 is 0 Å². The highest BCUT2D eigenvalue weighted by Gasteiger charge is 2.25. The standard InChI is InChI=1S/C16H18N2O2S/c17-14(19)13-11-8-4-5-9-12(11)21-16(13)18-15(20)10-6-2-1-3-7-10/h1-3,6-7,15,18,20H,4-5,8-9H2,(H2,17,19). The molecule has 0 spiro atoms. The molecule has 0 saturated heterocycles. The number of carbonyl (C=O) groups excluding carboxylic acids is 1. The first-order valence-electron chi connectivity index (χ1n) is 7.10. The number of aliphatic hydroxyl groups excluding tert-OH is 1. The summed E-state index contributed by atoms with van der Waals surface area (Å²) in [5.41, 5.74) is 7.94. The number of aryl methyl sites for hydroxylation is 1. The number of carbonyl (C=O) groups is 1. The zero-order chi connectivity index (χ0) is 14.8. The van der Waals surface area contributed by atoms with Gasteiger partial charge in [-0.3, -0.25) is 4.79 Å². The van der Waals surface area contributed by atoms with Gasteiger partial charge in [0.2, 0.25) is 0 Å². The van der Waals surface area contributed by atoms with Crippen molar-refractivity contribution >= 4 is 22.2 Å². The summed E-state index contributed by atoms with van der Waals surface area (Å²) in [6.45, 7) is 0. The molecule has 0 saturated carbocycles. The monoisotopic (exact) mass is 302 g/mol. The normalized spacial score (nSPS) is 15.3. The molecule has 1 heterocycles. The van der Waals surface area contributed by atoms with Crippen molar-refractivity contribution in [3.05, 3.63) is 51.9 Å². The highest BCUT2D eigenvalue weighted by Crippen LogP contribution is 2.39. The van der Waals surface area contributed by atoms with Crippen LogP contribution >= 0.6 is 11.3 Å². The van der Waals surface area contributed by atoms with Crippen molar-refractivity contribution in [3.8, 4) is 0 Å². The minimum absolute atomic E-state index is 0.419. The summed E-state index contributed by atoms with van der Waals surface area (Å²) in [4.78, 5) is 13.0. The van der Waals surface area contributed by atoms with Gasteiger partial charge in [0.1, 0.15) is 5.00 Å². The largest absolute Gasteiger partial charge is 0.369 e. The Balaban J connectivity index is 1.92. The Morgan fingerprint density at radius 1 is 1.24 bits per heavy atom. The van der Waals surface area contributed by atoms with Crippen LogP contribution in [0.4, 0.5) is 5.00 Å². The molecule has 1 aromatic carbocycles. The van der Waals surface area contributed by atoms with E-state index in [9.17, 15) is 9.90 Å². The molecule has 1 aliphatic carbocycles. The van der Waals surface area contributed by atoms with Crippen LogP contribution < -0.4 is 11.1 Å². The first-order chi connectivity index (χ1) is 10.2. The molecule has 110 valence electrons. The van der Waals surface area contributed by atoms with E-state index in [1.54, 1.807) is 11.3 Å². The molecule has 2 aromatic rings. The van der Waals surface area contributed by atoms with Gasteiger partial charge in [-0.05, 0) is 31.2 Å². The van der Waals surface area contributed by atoms with Crippen LogP contribution in [0.3, 0.4) is 0 Å². The molecule has 1 aromatic heterocycles. The highest BCUT2D eigenvalue weighted by atomic mass is 32.1. The minimum Gasteiger partial charge on any atom is -0.369 e. The average molecular weight is 302 g/mol. The second kappa shape index (κ2) is 5.87. The fraction of sp³-hybridized carbons (Fsp3) is 0.312. The molecule has 1 atom stereocenters. The molecular formula is C16H18N2O2S. The molecule has 1 aliphatic rings. The molecule has 21 heavy (non-hydrogen) atoms. The van der Waals surface area contributed by atoms with E-state index in [2.05, 4.69) is 5.32 Å². The lowest BCUT2D eigenvalue weighted by Gasteiger charge is -2.14. The van der Waals surface area contributed by atoms with E-state index >= 15 is 0 Å². The van der Waals surface area contributed by atoms with Gasteiger partial charge in [0, 0.05) is 10.4 Å². The summed E-state index contributed by atoms with van der Waals surface area (Å²) in [5.74, 6) is -0.419. The Bertz CT molecular complexity index is 652. The topological polar surface area (TPSA) is 75.4 Å². The molecule has 4 N–H and O–H groups in total. The van der Waals surface area contributed by atoms with Crippen molar-refractivity contribution < 1.29 is 9.90 Å². The third kappa shape index (κ3) is 2.80. The molecule has 0 fully saturated rings. The molecule has 3 rings (SSSR count). The summed E-state index contributed by atoms with van der Waals surface area (Å²) in [7, 11) is 0. The zero-order valence-corrected chi connectivity index (χ0v) is 12.5. The van der Waals surface area contributed by atoms with Gasteiger partial charge in [0.05, 0.1) is 5.56 Å². The molecule has 0 aliphatic heterocycles. The minimum atomic E-state index is -0.843. The lowest BCUT2D eigenvalue weighted by atomic mass is 9.95. The van der Waals surface area contributed by atoms with Gasteiger partial charge in [-0.1, -0.05) is 30.3 Å². The number of primary amides is 1. The van der Waals surface area contributed by atoms with Crippen molar-refractivity contribution in [1.82, 2.24) is 0 Å². The Morgan fingerprint density at radius 3 is 2.67 bits per heavy atom. The highest BCUT2D eigenvalue weighted by molar-refractivity contribution is 7.16. The van der Waals surface area contributed by atoms with E-state index in [0.717, 1.165) is 36.8 Å². The Hall–Kier alpha value is -1.85. The van der Waals surface area contributed by atoms with Crippen molar-refractivity contribution in [1.29, 1.82) is 0 Å². The average Bonchev–Trinajstić information content (AvgIpc) is 2.86. The summed E-state index contributed by atoms with van der Waals surface area (Å²) >= 11 is 1.54. The van der Waals surface area contributed by atoms with Gasteiger partial charge in [-0.15, -0.1) is 11.3 Å². The summed E-state index contributed by atoms with van der Waals surface area (Å²) in [5, 5.41) is 14.0. The van der Waals surface area contributed by atoms with Crippen molar-refractivity contribution in [2.24, 2.45) is 5.73 Å². The number of amides is 1. The smallest absolute Gasteiger partial charge is 0.251 e. The number of nitrogens with two attached hydrogens (primary N) is 1. The Labute approximate surface area is 127 Å². The second-order valence-corrected chi connectivity index (χ2v) is 6.34. The molecule has 4 nitrogen and oxygen atoms in total. The lowest BCUT2D eigenvalue weighted by molar-refractivity contribution is 0.1000. The maximum absolute atomic E-state index is 11.8. The summed E-state index contributed by atoms with van der Waals surface area (Å²) in [6, 6.07) is 9.32. The van der Waals surface area contributed by atoms with Gasteiger partial charge in [0.25, 0.3) is 5.91 Å². The quantitative estimate of drug-likeness (QED) is 0.760. The van der Waals surface area contributed by atoms with Crippen LogP contribution in [-0.2, 0) is 12.8 Å². The number of anilines is 1. The van der Waals surface area contributed by atoms with E-state index in [1.807, 2.05) is 30.3 Å². The maximum Gasteiger partial charge on any atom is 0.251 e. The van der Waals surface area contributed by atoms with Crippen LogP contribution in [-0.4, -0.2) is 11.0 Å². The SMILES string of the molecule is NC(=O)c1c(NC(O)c2ccccc2)sc2c1CCCC2. The molecule has 0 radical (unpaired) electrons. The molecule has 0 bridgehead atoms. The number of benzene rings is 1. The third-order valence-corrected chi connectivity index (χ3v) is 5.02. The predicted octanol–water partition coefficient (Wildman–Crippen LogP) is 2.83. The van der Waals surface area contributed by atoms with Gasteiger partial charge < -0.3 is 16.2 Å². The van der Waals surface area contributed by atoms with E-state index in [-0.39, 0.29) is 0 Å². The van der Waals surface area contributed by atoms with Crippen molar-refractivity contribution in [3.63, 3.8) is 0 Å². The van der Waals surface area contributed by atoms with Crippen LogP contribution in [0, 0.1) is 0 Å². The molecule has 1 amide bonds. The molecule has 1 unspecified atom stereocenters. The number of thiophene rings is 1. The lowest BCUT2D eigenvalue weighted by Crippen LogP contribution is -2.17. The van der Waals surface area contributed by atoms with Crippen LogP contribution in [0.15, 0.2) is 30.3 Å². The number of nitrogens with one attached hydrogen (secondary N) is 1. The van der Waals surface area contributed by atoms with Gasteiger partial charge in [-0.25, -0.2) is 0 Å². The van der Waals surface area contributed by atoms with Crippen molar-refractivity contribution in [2.75, 3.05) is 5.32 Å². The Morgan fingerprint density at radius 2 is 1.95 bits per heavy atom. The van der Waals surface area contributed by atoms with Gasteiger partial charge in [0.15, 0.2) is 6.23 Å². The number of hydrogen-bond acceptors (Lipinski definition) is 4. The maximum atomic E-state index is 11.8. The van der Waals surface area contributed by atoms with Crippen LogP contribution in [0.25, 0.3) is 0 Å². The van der Waals surface area contributed by atoms with E-state index in [0.29, 0.717) is 10.6 Å². The summed E-state index contributed by atoms with van der Waals surface area (Å²) < 4.78 is 0. The number of hydrogen-bond donors (Lipinski definition) is 3. The first-order valence-corrected chi connectivity index (χ1v) is 7.92. The van der Waals surface area contributed by atoms with Crippen LogP contribution in [0.5, 0.6) is 0 Å². The van der Waals surface area contributed by atoms with Crippen molar-refractivity contribution in [2.45, 2.75) is 31.9 Å². The Kier molecular flexibility index (Phi) is 3.94. The number of aliphatic hydroxyl groups is 1. The van der Waals surface area contributed by atoms with E-state index < -0.39 is 12.1 Å². The third-order valence-electron chi connectivity index (χ3n) is 3.80. The predicted molar refractivity (Wildman–Crippen MR) is 84.5 cm³/mol. The second-order valence-electron chi connectivity index (χ2n) is 5.24. The number of rotatable bonds is 4. The fourth-order valence-corrected chi connectivity index (χ4v) is 4.09. The van der Waals surface area contributed by atoms with E-state index in [4.69, 9.17) is 5.73 Å². The van der Waals surface area contributed by atoms with Crippen LogP contribution in [0.2, 0.25) is 0 Å². The molecular weight excluding hydrogens is 284 g/mol. The number of fused-ring (bicyclic) bond motifs is 1. The molecule has 5 heteroatoms.